The molecule has 0 radical (unpaired) electrons. The molecule has 0 aliphatic carbocycles. The van der Waals surface area contributed by atoms with Crippen molar-refractivity contribution in [2.75, 3.05) is 93.8 Å². The summed E-state index contributed by atoms with van der Waals surface area (Å²) in [4.78, 5) is 50.8. The summed E-state index contributed by atoms with van der Waals surface area (Å²) in [6, 6.07) is 0. The smallest absolute Gasteiger partial charge is 0.469 e. The summed E-state index contributed by atoms with van der Waals surface area (Å²) in [5.41, 5.74) is 4.50. The number of hydrogen-bond acceptors (Lipinski definition) is 14. The Hall–Kier alpha value is 0.184. The third kappa shape index (κ3) is 1560. The Morgan fingerprint density at radius 3 is 0.755 bits per heavy atom. The number of thiol groups is 1. The van der Waals surface area contributed by atoms with Gasteiger partial charge in [-0.25, -0.2) is 13.0 Å². The minimum atomic E-state index is -4.15. The molecule has 25 heteroatoms. The Labute approximate surface area is 332 Å². The van der Waals surface area contributed by atoms with E-state index in [0.717, 1.165) is 32.8 Å². The minimum absolute atomic E-state index is 0.167. The van der Waals surface area contributed by atoms with Gasteiger partial charge < -0.3 is 48.6 Å². The predicted octanol–water partition coefficient (Wildman–Crippen LogP) is 6.75. The summed E-state index contributed by atoms with van der Waals surface area (Å²) in [6.45, 7) is 32.3. The number of phosphoric ester groups is 1. The van der Waals surface area contributed by atoms with Crippen LogP contribution in [0.3, 0.4) is 0 Å². The molecule has 0 aromatic heterocycles. The van der Waals surface area contributed by atoms with E-state index in [1.54, 1.807) is 46.7 Å². The lowest BCUT2D eigenvalue weighted by molar-refractivity contribution is -0.134. The Bertz CT molecular complexity index is 987. The molecule has 0 aliphatic rings. The zero-order valence-corrected chi connectivity index (χ0v) is 44.8. The number of Topliss-reactive ketones (excluding diaryl/α,β-unsaturated/α-hetero) is 1. The fourth-order valence-electron chi connectivity index (χ4n) is 0. The maximum atomic E-state index is 10.4. The standard InChI is InChI=1S/C4H12OSi.C4H12Si.C3H9O2P.C3H9OP.C3H6O.C2H7O2P.C2H6O2S.C2H4O2.C2H4O.CH5N.CH5O4P.CH4S/c1-5-6(2,3)4;1-5(2,3)4;1-5-6(2,3)4;1-5(2,3)4;1-3(2)4;2*1-5(2,3)4;1-2(3)4;1-2-3;1-2;1-5-6(2,3)4;1-2/h1-4H3;1-4H3;1-3H3;1-3H3;1-2H3;1-2H3,(H,3,4);1-2H3;1H3,(H,3,4);2H,1H3;2H2,1H3;1H3,(H2,2,3,4);2H,1H3. The van der Waals surface area contributed by atoms with Crippen LogP contribution in [-0.2, 0) is 56.0 Å². The lowest BCUT2D eigenvalue weighted by atomic mass is 10.6. The summed E-state index contributed by atoms with van der Waals surface area (Å²) < 4.78 is 72.3. The van der Waals surface area contributed by atoms with Crippen LogP contribution in [0, 0.1) is 0 Å². The number of ketones is 1. The van der Waals surface area contributed by atoms with E-state index in [1.165, 1.54) is 48.3 Å². The molecule has 0 atom stereocenters. The van der Waals surface area contributed by atoms with Crippen molar-refractivity contribution in [1.82, 2.24) is 0 Å². The maximum absolute atomic E-state index is 10.4. The van der Waals surface area contributed by atoms with E-state index in [2.05, 4.69) is 73.2 Å². The lowest BCUT2D eigenvalue weighted by Crippen LogP contribution is -2.22. The highest BCUT2D eigenvalue weighted by Crippen LogP contribution is 2.35. The molecule has 0 rings (SSSR count). The molecular weight excluding hydrogens is 851 g/mol. The first-order valence-corrected chi connectivity index (χ1v) is 35.1. The van der Waals surface area contributed by atoms with Gasteiger partial charge in [-0.2, -0.15) is 12.6 Å². The Morgan fingerprint density at radius 1 is 0.698 bits per heavy atom. The van der Waals surface area contributed by atoms with Gasteiger partial charge in [0, 0.05) is 75.5 Å². The third-order valence-corrected chi connectivity index (χ3v) is 3.87. The van der Waals surface area contributed by atoms with Gasteiger partial charge in [0.25, 0.3) is 5.97 Å². The second kappa shape index (κ2) is 50.2. The maximum Gasteiger partial charge on any atom is 0.469 e. The van der Waals surface area contributed by atoms with Crippen LogP contribution in [-0.4, -0.2) is 156 Å². The number of sulfone groups is 1. The highest BCUT2D eigenvalue weighted by molar-refractivity contribution is 7.89. The Kier molecular flexibility index (Phi) is 80.9. The van der Waals surface area contributed by atoms with Crippen LogP contribution in [0.4, 0.5) is 0 Å². The van der Waals surface area contributed by atoms with E-state index >= 15 is 0 Å². The number of phosphoric acid groups is 1. The molecule has 6 N–H and O–H groups in total. The number of rotatable bonds is 3. The summed E-state index contributed by atoms with van der Waals surface area (Å²) in [5, 5.41) is 7.42. The van der Waals surface area contributed by atoms with E-state index in [0.29, 0.717) is 0 Å². The molecule has 0 amide bonds. The molecule has 0 bridgehead atoms. The van der Waals surface area contributed by atoms with Crippen molar-refractivity contribution in [2.45, 2.75) is 73.5 Å². The molecule has 53 heavy (non-hydrogen) atoms. The fraction of sp³-hybridized carbons (Fsp3) is 0.893. The predicted molar refractivity (Wildman–Crippen MR) is 239 cm³/mol. The number of carboxylic acid groups (broad SMARTS) is 1. The van der Waals surface area contributed by atoms with Crippen molar-refractivity contribution in [1.29, 1.82) is 0 Å². The summed E-state index contributed by atoms with van der Waals surface area (Å²) in [5.74, 6) is -0.667. The van der Waals surface area contributed by atoms with Gasteiger partial charge in [0.1, 0.15) is 21.9 Å². The van der Waals surface area contributed by atoms with Crippen LogP contribution in [0.15, 0.2) is 0 Å². The fourth-order valence-corrected chi connectivity index (χ4v) is 0. The largest absolute Gasteiger partial charge is 0.481 e. The molecule has 0 unspecified atom stereocenters. The molecule has 336 valence electrons. The second-order valence-electron chi connectivity index (χ2n) is 13.4. The number of carboxylic acids is 1. The minimum Gasteiger partial charge on any atom is -0.481 e. The topological polar surface area (TPSA) is 288 Å². The number of carbonyl (C=O) groups is 3. The van der Waals surface area contributed by atoms with E-state index in [-0.39, 0.29) is 5.78 Å². The summed E-state index contributed by atoms with van der Waals surface area (Å²) in [7, 11) is -9.32. The number of aldehydes is 1. The Morgan fingerprint density at radius 2 is 0.755 bits per heavy atom. The van der Waals surface area contributed by atoms with Gasteiger partial charge in [0.15, 0.2) is 23.1 Å². The van der Waals surface area contributed by atoms with Crippen molar-refractivity contribution in [3.05, 3.63) is 0 Å². The number of hydrogen-bond donors (Lipinski definition) is 6. The monoisotopic (exact) mass is 933 g/mol. The molecule has 0 spiro atoms. The average molecular weight is 934 g/mol. The van der Waals surface area contributed by atoms with Crippen LogP contribution in [0.25, 0.3) is 0 Å². The van der Waals surface area contributed by atoms with Gasteiger partial charge in [0.2, 0.25) is 0 Å². The van der Waals surface area contributed by atoms with Crippen molar-refractivity contribution in [2.24, 2.45) is 5.73 Å². The van der Waals surface area contributed by atoms with E-state index < -0.39 is 61.9 Å². The molecular formula is C28H83NO16P4S2Si2. The van der Waals surface area contributed by atoms with E-state index in [4.69, 9.17) is 33.8 Å². The van der Waals surface area contributed by atoms with E-state index in [9.17, 15) is 31.5 Å². The molecule has 0 heterocycles. The van der Waals surface area contributed by atoms with Gasteiger partial charge in [-0.3, -0.25) is 18.4 Å². The van der Waals surface area contributed by atoms with E-state index in [1.807, 2.05) is 0 Å². The quantitative estimate of drug-likeness (QED) is 0.0738. The number of aliphatic carboxylic acids is 1. The molecule has 0 saturated heterocycles. The molecule has 0 aromatic carbocycles. The SMILES string of the molecule is CC(=O)O.CC(C)=O.CC=O.CN.COP(=O)(O)O.COP(C)(C)=O.CO[Si](C)(C)C.CP(C)(=O)O.CP(C)(C)=O.CS.CS(C)(=O)=O.C[Si](C)(C)C. The Balaban J connectivity index is -0.0000000350. The third-order valence-electron chi connectivity index (χ3n) is 1.29. The van der Waals surface area contributed by atoms with Gasteiger partial charge in [0.05, 0.1) is 7.14 Å². The first-order valence-electron chi connectivity index (χ1n) is 14.9. The van der Waals surface area contributed by atoms with Gasteiger partial charge in [-0.15, -0.1) is 0 Å². The highest BCUT2D eigenvalue weighted by Gasteiger charge is 2.09. The van der Waals surface area contributed by atoms with Crippen molar-refractivity contribution < 1.29 is 74.3 Å². The van der Waals surface area contributed by atoms with Crippen LogP contribution in [0.2, 0.25) is 45.8 Å². The van der Waals surface area contributed by atoms with Crippen LogP contribution >= 0.6 is 42.3 Å². The summed E-state index contributed by atoms with van der Waals surface area (Å²) in [6.07, 6.45) is 4.76. The molecule has 17 nitrogen and oxygen atoms in total. The van der Waals surface area contributed by atoms with Gasteiger partial charge in [-0.1, -0.05) is 26.2 Å². The normalized spacial score (nSPS) is 9.92. The van der Waals surface area contributed by atoms with Crippen molar-refractivity contribution >= 4 is 86.6 Å². The highest BCUT2D eigenvalue weighted by atomic mass is 32.2. The van der Waals surface area contributed by atoms with Crippen molar-refractivity contribution in [3.8, 4) is 0 Å². The molecule has 0 aliphatic heterocycles. The second-order valence-corrected chi connectivity index (χ2v) is 36.9. The zero-order valence-electron chi connectivity index (χ0n) is 37.5. The molecule has 0 saturated carbocycles. The van der Waals surface area contributed by atoms with Crippen molar-refractivity contribution in [3.63, 3.8) is 0 Å². The average Bonchev–Trinajstić information content (AvgIpc) is 2.82. The first-order chi connectivity index (χ1) is 22.6. The lowest BCUT2D eigenvalue weighted by Gasteiger charge is -2.10. The van der Waals surface area contributed by atoms with Crippen LogP contribution < -0.4 is 5.73 Å². The number of nitrogens with two attached hydrogens (primary N) is 1. The van der Waals surface area contributed by atoms with Gasteiger partial charge >= 0.3 is 7.82 Å². The molecule has 0 fully saturated rings. The number of carbonyl (C=O) groups excluding carboxylic acids is 2. The van der Waals surface area contributed by atoms with Crippen LogP contribution in [0.5, 0.6) is 0 Å². The van der Waals surface area contributed by atoms with Crippen LogP contribution in [0.1, 0.15) is 27.7 Å². The summed E-state index contributed by atoms with van der Waals surface area (Å²) >= 11 is 3.53. The molecule has 0 aromatic rings. The first kappa shape index (κ1) is 85.4. The zero-order chi connectivity index (χ0) is 47.5. The van der Waals surface area contributed by atoms with Gasteiger partial charge in [-0.05, 0) is 73.7 Å².